The van der Waals surface area contributed by atoms with Crippen molar-refractivity contribution >= 4 is 29.3 Å². The number of benzene rings is 1. The van der Waals surface area contributed by atoms with Crippen LogP contribution < -0.4 is 11.1 Å². The van der Waals surface area contributed by atoms with Crippen molar-refractivity contribution in [3.63, 3.8) is 0 Å². The topological polar surface area (TPSA) is 84.7 Å². The molecule has 2 atom stereocenters. The molecule has 25 heavy (non-hydrogen) atoms. The molecule has 3 rings (SSSR count). The Morgan fingerprint density at radius 1 is 1.28 bits per heavy atom. The van der Waals surface area contributed by atoms with Gasteiger partial charge in [0.05, 0.1) is 30.7 Å². The zero-order chi connectivity index (χ0) is 17.6. The van der Waals surface area contributed by atoms with Crippen LogP contribution in [0.2, 0.25) is 0 Å². The molecule has 1 aliphatic heterocycles. The lowest BCUT2D eigenvalue weighted by Gasteiger charge is -2.43. The molecule has 7 heteroatoms. The molecular formula is C18H25N3O3S. The number of morpholine rings is 1. The molecule has 0 spiro atoms. The van der Waals surface area contributed by atoms with Gasteiger partial charge in [-0.2, -0.15) is 0 Å². The fourth-order valence-electron chi connectivity index (χ4n) is 3.59. The SMILES string of the molecule is NC(=O)CSc1ccccc1NC(=O)CN1CCOC2CCCCC21. The van der Waals surface area contributed by atoms with Crippen LogP contribution in [0.3, 0.4) is 0 Å². The molecule has 1 aromatic carbocycles. The van der Waals surface area contributed by atoms with E-state index in [2.05, 4.69) is 10.2 Å². The Morgan fingerprint density at radius 3 is 2.92 bits per heavy atom. The number of hydrogen-bond donors (Lipinski definition) is 2. The van der Waals surface area contributed by atoms with E-state index in [-0.39, 0.29) is 23.7 Å². The number of amides is 2. The number of nitrogens with two attached hydrogens (primary N) is 1. The monoisotopic (exact) mass is 363 g/mol. The second-order valence-electron chi connectivity index (χ2n) is 6.53. The smallest absolute Gasteiger partial charge is 0.238 e. The van der Waals surface area contributed by atoms with Gasteiger partial charge >= 0.3 is 0 Å². The summed E-state index contributed by atoms with van der Waals surface area (Å²) in [6.45, 7) is 1.87. The molecular weight excluding hydrogens is 338 g/mol. The summed E-state index contributed by atoms with van der Waals surface area (Å²) in [5, 5.41) is 2.98. The quantitative estimate of drug-likeness (QED) is 0.754. The number of fused-ring (bicyclic) bond motifs is 1. The summed E-state index contributed by atoms with van der Waals surface area (Å²) in [4.78, 5) is 26.7. The van der Waals surface area contributed by atoms with Crippen LogP contribution in [-0.2, 0) is 14.3 Å². The van der Waals surface area contributed by atoms with E-state index in [1.165, 1.54) is 24.6 Å². The molecule has 2 aliphatic rings. The van der Waals surface area contributed by atoms with Gasteiger partial charge in [-0.3, -0.25) is 14.5 Å². The second kappa shape index (κ2) is 8.69. The van der Waals surface area contributed by atoms with Crippen molar-refractivity contribution in [2.24, 2.45) is 5.73 Å². The number of nitrogens with zero attached hydrogens (tertiary/aromatic N) is 1. The summed E-state index contributed by atoms with van der Waals surface area (Å²) < 4.78 is 5.86. The van der Waals surface area contributed by atoms with Crippen LogP contribution in [0.4, 0.5) is 5.69 Å². The lowest BCUT2D eigenvalue weighted by molar-refractivity contribution is -0.124. The molecule has 136 valence electrons. The molecule has 1 aromatic rings. The van der Waals surface area contributed by atoms with Gasteiger partial charge in [0.15, 0.2) is 0 Å². The van der Waals surface area contributed by atoms with Gasteiger partial charge in [0.1, 0.15) is 0 Å². The lowest BCUT2D eigenvalue weighted by Crippen LogP contribution is -2.54. The molecule has 2 amide bonds. The van der Waals surface area contributed by atoms with Crippen LogP contribution in [0.25, 0.3) is 0 Å². The van der Waals surface area contributed by atoms with E-state index in [9.17, 15) is 9.59 Å². The highest BCUT2D eigenvalue weighted by atomic mass is 32.2. The third kappa shape index (κ3) is 4.96. The zero-order valence-corrected chi connectivity index (χ0v) is 15.1. The van der Waals surface area contributed by atoms with Crippen molar-refractivity contribution in [3.8, 4) is 0 Å². The van der Waals surface area contributed by atoms with Crippen molar-refractivity contribution in [1.82, 2.24) is 4.90 Å². The number of carbonyl (C=O) groups excluding carboxylic acids is 2. The Morgan fingerprint density at radius 2 is 2.08 bits per heavy atom. The average molecular weight is 363 g/mol. The number of thioether (sulfide) groups is 1. The molecule has 0 aromatic heterocycles. The summed E-state index contributed by atoms with van der Waals surface area (Å²) in [5.41, 5.74) is 5.94. The van der Waals surface area contributed by atoms with E-state index in [0.717, 1.165) is 30.0 Å². The minimum absolute atomic E-state index is 0.0293. The third-order valence-electron chi connectivity index (χ3n) is 4.72. The second-order valence-corrected chi connectivity index (χ2v) is 7.55. The number of ether oxygens (including phenoxy) is 1. The van der Waals surface area contributed by atoms with Crippen molar-refractivity contribution in [2.75, 3.05) is 30.8 Å². The van der Waals surface area contributed by atoms with Crippen LogP contribution in [0.1, 0.15) is 25.7 Å². The number of nitrogens with one attached hydrogen (secondary N) is 1. The van der Waals surface area contributed by atoms with Gasteiger partial charge in [0, 0.05) is 17.5 Å². The van der Waals surface area contributed by atoms with E-state index < -0.39 is 0 Å². The van der Waals surface area contributed by atoms with Crippen LogP contribution in [0, 0.1) is 0 Å². The number of carbonyl (C=O) groups is 2. The van der Waals surface area contributed by atoms with E-state index in [0.29, 0.717) is 19.2 Å². The predicted molar refractivity (Wildman–Crippen MR) is 98.6 cm³/mol. The Hall–Kier alpha value is -1.57. The van der Waals surface area contributed by atoms with Crippen molar-refractivity contribution in [3.05, 3.63) is 24.3 Å². The van der Waals surface area contributed by atoms with Gasteiger partial charge in [-0.25, -0.2) is 0 Å². The normalized spacial score (nSPS) is 23.7. The summed E-state index contributed by atoms with van der Waals surface area (Å²) in [7, 11) is 0. The van der Waals surface area contributed by atoms with Gasteiger partial charge in [0.2, 0.25) is 11.8 Å². The summed E-state index contributed by atoms with van der Waals surface area (Å²) in [6.07, 6.45) is 4.88. The maximum absolute atomic E-state index is 12.6. The standard InChI is InChI=1S/C18H25N3O3S/c19-17(22)12-25-16-8-4-1-5-13(16)20-18(23)11-21-9-10-24-15-7-3-2-6-14(15)21/h1,4-5,8,14-15H,2-3,6-7,9-12H2,(H2,19,22)(H,20,23). The van der Waals surface area contributed by atoms with Gasteiger partial charge in [-0.15, -0.1) is 11.8 Å². The minimum Gasteiger partial charge on any atom is -0.375 e. The first-order valence-corrected chi connectivity index (χ1v) is 9.77. The molecule has 2 unspecified atom stereocenters. The van der Waals surface area contributed by atoms with Crippen molar-refractivity contribution < 1.29 is 14.3 Å². The van der Waals surface area contributed by atoms with Gasteiger partial charge in [-0.1, -0.05) is 25.0 Å². The van der Waals surface area contributed by atoms with Gasteiger partial charge in [-0.05, 0) is 25.0 Å². The highest BCUT2D eigenvalue weighted by Crippen LogP contribution is 2.29. The van der Waals surface area contributed by atoms with E-state index >= 15 is 0 Å². The van der Waals surface area contributed by atoms with Crippen LogP contribution in [0.5, 0.6) is 0 Å². The number of hydrogen-bond acceptors (Lipinski definition) is 5. The van der Waals surface area contributed by atoms with Crippen LogP contribution in [0.15, 0.2) is 29.2 Å². The predicted octanol–water partition coefficient (Wildman–Crippen LogP) is 1.85. The van der Waals surface area contributed by atoms with Crippen LogP contribution in [-0.4, -0.2) is 54.3 Å². The Labute approximate surface area is 152 Å². The zero-order valence-electron chi connectivity index (χ0n) is 14.3. The molecule has 0 radical (unpaired) electrons. The molecule has 1 saturated carbocycles. The first-order chi connectivity index (χ1) is 12.1. The minimum atomic E-state index is -0.372. The molecule has 1 saturated heterocycles. The Balaban J connectivity index is 1.59. The first-order valence-electron chi connectivity index (χ1n) is 8.79. The van der Waals surface area contributed by atoms with E-state index in [1.807, 2.05) is 24.3 Å². The number of para-hydroxylation sites is 1. The summed E-state index contributed by atoms with van der Waals surface area (Å²) >= 11 is 1.34. The first kappa shape index (κ1) is 18.2. The van der Waals surface area contributed by atoms with Gasteiger partial charge < -0.3 is 15.8 Å². The summed E-state index contributed by atoms with van der Waals surface area (Å²) in [5.74, 6) is -0.207. The molecule has 3 N–H and O–H groups in total. The number of anilines is 1. The van der Waals surface area contributed by atoms with Crippen molar-refractivity contribution in [2.45, 2.75) is 42.7 Å². The van der Waals surface area contributed by atoms with E-state index in [1.54, 1.807) is 0 Å². The molecule has 1 heterocycles. The average Bonchev–Trinajstić information content (AvgIpc) is 2.61. The fraction of sp³-hybridized carbons (Fsp3) is 0.556. The molecule has 2 fully saturated rings. The van der Waals surface area contributed by atoms with Gasteiger partial charge in [0.25, 0.3) is 0 Å². The van der Waals surface area contributed by atoms with Crippen LogP contribution >= 0.6 is 11.8 Å². The molecule has 1 aliphatic carbocycles. The molecule has 6 nitrogen and oxygen atoms in total. The largest absolute Gasteiger partial charge is 0.375 e. The maximum atomic E-state index is 12.6. The molecule has 0 bridgehead atoms. The Bertz CT molecular complexity index is 623. The fourth-order valence-corrected chi connectivity index (χ4v) is 4.34. The highest BCUT2D eigenvalue weighted by molar-refractivity contribution is 8.00. The number of rotatable bonds is 6. The highest BCUT2D eigenvalue weighted by Gasteiger charge is 2.34. The summed E-state index contributed by atoms with van der Waals surface area (Å²) in [6, 6.07) is 7.84. The van der Waals surface area contributed by atoms with E-state index in [4.69, 9.17) is 10.5 Å². The number of primary amides is 1. The Kier molecular flexibility index (Phi) is 6.34. The maximum Gasteiger partial charge on any atom is 0.238 e. The lowest BCUT2D eigenvalue weighted by atomic mass is 9.90. The van der Waals surface area contributed by atoms with Crippen molar-refractivity contribution in [1.29, 1.82) is 0 Å². The third-order valence-corrected chi connectivity index (χ3v) is 5.82.